The zero-order valence-electron chi connectivity index (χ0n) is 8.77. The first-order valence-electron chi connectivity index (χ1n) is 4.85. The van der Waals surface area contributed by atoms with Gasteiger partial charge in [-0.15, -0.1) is 11.3 Å². The largest absolute Gasteiger partial charge is 0.278 e. The number of thiophene rings is 1. The fourth-order valence-corrected chi connectivity index (χ4v) is 1.97. The van der Waals surface area contributed by atoms with Gasteiger partial charge in [-0.2, -0.15) is 5.10 Å². The first kappa shape index (κ1) is 10.8. The van der Waals surface area contributed by atoms with Gasteiger partial charge in [-0.25, -0.2) is 4.39 Å². The Morgan fingerprint density at radius 1 is 1.19 bits per heavy atom. The Morgan fingerprint density at radius 2 is 1.94 bits per heavy atom. The molecule has 0 amide bonds. The first-order valence-corrected chi connectivity index (χ1v) is 5.67. The SMILES string of the molecule is Cc1ccc(C=NNc2ccc(F)cc2)s1. The number of hydrogen-bond donors (Lipinski definition) is 1. The highest BCUT2D eigenvalue weighted by Crippen LogP contribution is 2.13. The van der Waals surface area contributed by atoms with Crippen LogP contribution in [-0.2, 0) is 0 Å². The smallest absolute Gasteiger partial charge is 0.123 e. The molecule has 2 rings (SSSR count). The van der Waals surface area contributed by atoms with E-state index in [1.807, 2.05) is 12.1 Å². The summed E-state index contributed by atoms with van der Waals surface area (Å²) in [5, 5.41) is 4.07. The predicted octanol–water partition coefficient (Wildman–Crippen LogP) is 3.64. The molecule has 1 aromatic carbocycles. The standard InChI is InChI=1S/C12H11FN2S/c1-9-2-7-12(16-9)8-14-15-11-5-3-10(13)4-6-11/h2-8,15H,1H3. The van der Waals surface area contributed by atoms with Crippen LogP contribution in [0.5, 0.6) is 0 Å². The summed E-state index contributed by atoms with van der Waals surface area (Å²) in [6.45, 7) is 2.05. The van der Waals surface area contributed by atoms with E-state index in [-0.39, 0.29) is 5.82 Å². The van der Waals surface area contributed by atoms with Crippen LogP contribution in [0.25, 0.3) is 0 Å². The van der Waals surface area contributed by atoms with Crippen molar-refractivity contribution in [3.63, 3.8) is 0 Å². The molecule has 1 aromatic heterocycles. The molecule has 4 heteroatoms. The average molecular weight is 234 g/mol. The lowest BCUT2D eigenvalue weighted by Crippen LogP contribution is -1.89. The number of nitrogens with zero attached hydrogens (tertiary/aromatic N) is 1. The Morgan fingerprint density at radius 3 is 2.56 bits per heavy atom. The van der Waals surface area contributed by atoms with E-state index in [1.165, 1.54) is 17.0 Å². The number of nitrogens with one attached hydrogen (secondary N) is 1. The Balaban J connectivity index is 1.97. The molecule has 0 spiro atoms. The highest BCUT2D eigenvalue weighted by atomic mass is 32.1. The Labute approximate surface area is 97.4 Å². The van der Waals surface area contributed by atoms with E-state index in [0.717, 1.165) is 10.6 Å². The van der Waals surface area contributed by atoms with E-state index >= 15 is 0 Å². The van der Waals surface area contributed by atoms with Gasteiger partial charge >= 0.3 is 0 Å². The molecule has 2 nitrogen and oxygen atoms in total. The van der Waals surface area contributed by atoms with Crippen LogP contribution < -0.4 is 5.43 Å². The molecule has 0 radical (unpaired) electrons. The van der Waals surface area contributed by atoms with Gasteiger partial charge in [0.25, 0.3) is 0 Å². The van der Waals surface area contributed by atoms with Gasteiger partial charge in [-0.3, -0.25) is 5.43 Å². The zero-order chi connectivity index (χ0) is 11.4. The van der Waals surface area contributed by atoms with Crippen LogP contribution in [0.3, 0.4) is 0 Å². The van der Waals surface area contributed by atoms with Crippen LogP contribution in [0.1, 0.15) is 9.75 Å². The minimum atomic E-state index is -0.247. The van der Waals surface area contributed by atoms with Crippen molar-refractivity contribution in [2.24, 2.45) is 5.10 Å². The third kappa shape index (κ3) is 2.90. The van der Waals surface area contributed by atoms with Crippen molar-refractivity contribution < 1.29 is 4.39 Å². The average Bonchev–Trinajstić information content (AvgIpc) is 2.67. The van der Waals surface area contributed by atoms with E-state index in [1.54, 1.807) is 29.7 Å². The molecule has 82 valence electrons. The van der Waals surface area contributed by atoms with E-state index in [4.69, 9.17) is 0 Å². The van der Waals surface area contributed by atoms with Crippen molar-refractivity contribution in [3.8, 4) is 0 Å². The van der Waals surface area contributed by atoms with Crippen LogP contribution in [0.15, 0.2) is 41.5 Å². The van der Waals surface area contributed by atoms with Gasteiger partial charge in [-0.05, 0) is 43.3 Å². The molecule has 1 heterocycles. The maximum absolute atomic E-state index is 12.6. The second-order valence-electron chi connectivity index (χ2n) is 3.33. The van der Waals surface area contributed by atoms with Crippen molar-refractivity contribution in [2.75, 3.05) is 5.43 Å². The van der Waals surface area contributed by atoms with Crippen molar-refractivity contribution in [1.82, 2.24) is 0 Å². The second kappa shape index (κ2) is 4.90. The molecule has 1 N–H and O–H groups in total. The molecule has 0 saturated heterocycles. The second-order valence-corrected chi connectivity index (χ2v) is 4.64. The van der Waals surface area contributed by atoms with Crippen LogP contribution in [0.2, 0.25) is 0 Å². The third-order valence-corrected chi connectivity index (χ3v) is 2.93. The van der Waals surface area contributed by atoms with Gasteiger partial charge in [0.2, 0.25) is 0 Å². The van der Waals surface area contributed by atoms with Gasteiger partial charge in [0.05, 0.1) is 11.9 Å². The number of hydrazone groups is 1. The number of benzene rings is 1. The summed E-state index contributed by atoms with van der Waals surface area (Å²) in [5.41, 5.74) is 3.61. The van der Waals surface area contributed by atoms with E-state index in [9.17, 15) is 4.39 Å². The lowest BCUT2D eigenvalue weighted by molar-refractivity contribution is 0.628. The van der Waals surface area contributed by atoms with Crippen LogP contribution >= 0.6 is 11.3 Å². The van der Waals surface area contributed by atoms with Gasteiger partial charge in [0.1, 0.15) is 5.82 Å². The quantitative estimate of drug-likeness (QED) is 0.636. The van der Waals surface area contributed by atoms with Gasteiger partial charge in [-0.1, -0.05) is 0 Å². The van der Waals surface area contributed by atoms with Gasteiger partial charge in [0, 0.05) is 9.75 Å². The number of aryl methyl sites for hydroxylation is 1. The summed E-state index contributed by atoms with van der Waals surface area (Å²) >= 11 is 1.68. The van der Waals surface area contributed by atoms with Gasteiger partial charge in [0.15, 0.2) is 0 Å². The zero-order valence-corrected chi connectivity index (χ0v) is 9.59. The maximum atomic E-state index is 12.6. The summed E-state index contributed by atoms with van der Waals surface area (Å²) < 4.78 is 12.6. The summed E-state index contributed by atoms with van der Waals surface area (Å²) in [6.07, 6.45) is 1.75. The normalized spacial score (nSPS) is 10.9. The van der Waals surface area contributed by atoms with E-state index in [0.29, 0.717) is 0 Å². The lowest BCUT2D eigenvalue weighted by atomic mass is 10.3. The molecule has 0 aliphatic carbocycles. The Bertz CT molecular complexity index is 488. The molecule has 0 aliphatic rings. The fourth-order valence-electron chi connectivity index (χ4n) is 1.22. The number of hydrogen-bond acceptors (Lipinski definition) is 3. The minimum absolute atomic E-state index is 0.247. The summed E-state index contributed by atoms with van der Waals surface area (Å²) in [7, 11) is 0. The van der Waals surface area contributed by atoms with Gasteiger partial charge < -0.3 is 0 Å². The summed E-state index contributed by atoms with van der Waals surface area (Å²) in [5.74, 6) is -0.247. The van der Waals surface area contributed by atoms with Crippen LogP contribution in [-0.4, -0.2) is 6.21 Å². The number of anilines is 1. The van der Waals surface area contributed by atoms with Crippen molar-refractivity contribution >= 4 is 23.2 Å². The fraction of sp³-hybridized carbons (Fsp3) is 0.0833. The molecule has 16 heavy (non-hydrogen) atoms. The Hall–Kier alpha value is -1.68. The highest BCUT2D eigenvalue weighted by molar-refractivity contribution is 7.13. The lowest BCUT2D eigenvalue weighted by Gasteiger charge is -1.98. The molecule has 0 fully saturated rings. The molecular formula is C12H11FN2S. The summed E-state index contributed by atoms with van der Waals surface area (Å²) in [4.78, 5) is 2.34. The number of halogens is 1. The van der Waals surface area contributed by atoms with Crippen LogP contribution in [0, 0.1) is 12.7 Å². The minimum Gasteiger partial charge on any atom is -0.278 e. The topological polar surface area (TPSA) is 24.4 Å². The highest BCUT2D eigenvalue weighted by Gasteiger charge is 1.92. The molecule has 0 aliphatic heterocycles. The van der Waals surface area contributed by atoms with Crippen molar-refractivity contribution in [1.29, 1.82) is 0 Å². The number of rotatable bonds is 3. The van der Waals surface area contributed by atoms with Crippen molar-refractivity contribution in [3.05, 3.63) is 52.0 Å². The molecule has 0 saturated carbocycles. The third-order valence-electron chi connectivity index (χ3n) is 1.99. The van der Waals surface area contributed by atoms with E-state index < -0.39 is 0 Å². The monoisotopic (exact) mass is 234 g/mol. The first-order chi connectivity index (χ1) is 7.74. The molecule has 0 atom stereocenters. The van der Waals surface area contributed by atoms with Crippen molar-refractivity contribution in [2.45, 2.75) is 6.92 Å². The molecule has 0 unspecified atom stereocenters. The van der Waals surface area contributed by atoms with Crippen LogP contribution in [0.4, 0.5) is 10.1 Å². The summed E-state index contributed by atoms with van der Waals surface area (Å²) in [6, 6.07) is 10.1. The Kier molecular flexibility index (Phi) is 3.31. The molecule has 0 bridgehead atoms. The maximum Gasteiger partial charge on any atom is 0.123 e. The molecular weight excluding hydrogens is 223 g/mol. The predicted molar refractivity (Wildman–Crippen MR) is 66.7 cm³/mol. The van der Waals surface area contributed by atoms with E-state index in [2.05, 4.69) is 17.5 Å². The molecule has 2 aromatic rings.